The number of fused-ring (bicyclic) bond motifs is 2. The second kappa shape index (κ2) is 11.1. The van der Waals surface area contributed by atoms with Gasteiger partial charge in [0.25, 0.3) is 11.4 Å². The van der Waals surface area contributed by atoms with E-state index in [0.29, 0.717) is 16.7 Å². The predicted molar refractivity (Wildman–Crippen MR) is 162 cm³/mol. The number of nitriles is 6. The number of allylic oxidation sites excluding steroid dienone is 7. The van der Waals surface area contributed by atoms with Gasteiger partial charge in [0, 0.05) is 16.7 Å². The lowest BCUT2D eigenvalue weighted by molar-refractivity contribution is 1.38. The molecule has 0 amide bonds. The monoisotopic (exact) mass is 569 g/mol. The summed E-state index contributed by atoms with van der Waals surface area (Å²) in [4.78, 5) is 10.5. The van der Waals surface area contributed by atoms with E-state index in [0.717, 1.165) is 5.56 Å². The molecule has 0 fully saturated rings. The van der Waals surface area contributed by atoms with Gasteiger partial charge >= 0.3 is 0 Å². The van der Waals surface area contributed by atoms with Crippen LogP contribution in [0.2, 0.25) is 0 Å². The van der Waals surface area contributed by atoms with E-state index in [1.54, 1.807) is 24.3 Å². The maximum atomic E-state index is 10.7. The zero-order chi connectivity index (χ0) is 32.4. The van der Waals surface area contributed by atoms with Crippen LogP contribution in [0.3, 0.4) is 0 Å². The van der Waals surface area contributed by atoms with Gasteiger partial charge in [0.1, 0.15) is 12.1 Å². The van der Waals surface area contributed by atoms with Gasteiger partial charge in [-0.25, -0.2) is 25.1 Å². The summed E-state index contributed by atoms with van der Waals surface area (Å²) in [5.41, 5.74) is 0.623. The third-order valence-corrected chi connectivity index (χ3v) is 7.47. The van der Waals surface area contributed by atoms with Gasteiger partial charge in [-0.15, -0.1) is 0 Å². The first-order valence-corrected chi connectivity index (χ1v) is 12.8. The highest BCUT2D eigenvalue weighted by Crippen LogP contribution is 2.58. The molecular formula is C36H11N9. The number of nitrogens with zero attached hydrogens (tertiary/aromatic N) is 9. The molecule has 2 aliphatic rings. The lowest BCUT2D eigenvalue weighted by atomic mass is 9.84. The van der Waals surface area contributed by atoms with Crippen LogP contribution in [0, 0.1) is 94.6 Å². The normalized spacial score (nSPS) is 14.5. The molecule has 0 aliphatic heterocycles. The predicted octanol–water partition coefficient (Wildman–Crippen LogP) is 7.17. The maximum absolute atomic E-state index is 10.7. The van der Waals surface area contributed by atoms with Crippen LogP contribution in [-0.2, 0) is 0 Å². The van der Waals surface area contributed by atoms with E-state index in [1.165, 1.54) is 24.3 Å². The summed E-state index contributed by atoms with van der Waals surface area (Å²) in [6.45, 7) is 25.6. The van der Waals surface area contributed by atoms with E-state index >= 15 is 0 Å². The summed E-state index contributed by atoms with van der Waals surface area (Å²) < 4.78 is 0. The summed E-state index contributed by atoms with van der Waals surface area (Å²) in [5.74, 6) is 0. The van der Waals surface area contributed by atoms with Crippen molar-refractivity contribution in [1.82, 2.24) is 0 Å². The molecule has 5 rings (SSSR count). The summed E-state index contributed by atoms with van der Waals surface area (Å²) >= 11 is 0. The fourth-order valence-electron chi connectivity index (χ4n) is 5.68. The Morgan fingerprint density at radius 2 is 1.07 bits per heavy atom. The van der Waals surface area contributed by atoms with E-state index in [4.69, 9.17) is 19.7 Å². The Morgan fingerprint density at radius 3 is 1.53 bits per heavy atom. The molecule has 200 valence electrons. The zero-order valence-corrected chi connectivity index (χ0v) is 23.1. The molecule has 2 aliphatic carbocycles. The van der Waals surface area contributed by atoms with Gasteiger partial charge in [-0.05, 0) is 58.0 Å². The van der Waals surface area contributed by atoms with Crippen molar-refractivity contribution < 1.29 is 0 Å². The summed E-state index contributed by atoms with van der Waals surface area (Å²) in [5, 5.41) is 61.3. The SMILES string of the molecule is [C-]#[N+]C1=C(c2ccc(C)cc2)/C(=C(/C#N)[N+]#[C-])c2c(C#N)c3c(c(C#N)c21)/C(=C(/C#N)[N+]#[C-])C(c1ccc(C#N)cc1)=C3C#N. The zero-order valence-electron chi connectivity index (χ0n) is 23.1. The van der Waals surface area contributed by atoms with Crippen molar-refractivity contribution in [2.75, 3.05) is 0 Å². The first-order valence-electron chi connectivity index (χ1n) is 12.8. The van der Waals surface area contributed by atoms with E-state index in [1.807, 2.05) is 25.1 Å². The molecule has 9 heteroatoms. The molecule has 0 radical (unpaired) electrons. The Kier molecular flexibility index (Phi) is 7.06. The molecule has 0 aromatic heterocycles. The minimum Gasteiger partial charge on any atom is -0.237 e. The second-order valence-corrected chi connectivity index (χ2v) is 9.62. The Bertz CT molecular complexity index is 2410. The average molecular weight is 570 g/mol. The molecule has 9 nitrogen and oxygen atoms in total. The molecule has 0 bridgehead atoms. The molecule has 3 aromatic carbocycles. The van der Waals surface area contributed by atoms with Gasteiger partial charge in [0.15, 0.2) is 0 Å². The van der Waals surface area contributed by atoms with Gasteiger partial charge in [0.05, 0.1) is 66.3 Å². The van der Waals surface area contributed by atoms with Crippen LogP contribution in [0.15, 0.2) is 59.9 Å². The van der Waals surface area contributed by atoms with E-state index in [9.17, 15) is 31.6 Å². The molecule has 0 saturated heterocycles. The maximum Gasteiger partial charge on any atom is 0.270 e. The van der Waals surface area contributed by atoms with Crippen LogP contribution < -0.4 is 0 Å². The van der Waals surface area contributed by atoms with Crippen LogP contribution in [-0.4, -0.2) is 0 Å². The summed E-state index contributed by atoms with van der Waals surface area (Å²) in [7, 11) is 0. The Balaban J connectivity index is 2.09. The molecule has 3 aromatic rings. The highest BCUT2D eigenvalue weighted by atomic mass is 14.7. The number of rotatable bonds is 2. The number of benzene rings is 3. The van der Waals surface area contributed by atoms with Crippen LogP contribution in [0.4, 0.5) is 0 Å². The third-order valence-electron chi connectivity index (χ3n) is 7.47. The Hall–Kier alpha value is -7.97. The standard InChI is InChI=1S/C36H11N9/c1-19-5-9-22(10-6-19)29-35(27(18-42)44-3)32-24(15-39)30-23(14-38)28(21-11-7-20(13-37)8-12-21)34(26(17-41)43-2)31(30)25(16-40)33(32)36(29)45-4/h5-12H,1H3/b34-26-,35-27+. The fraction of sp³-hybridized carbons (Fsp3) is 0.0278. The number of hydrogen-bond acceptors (Lipinski definition) is 6. The Labute approximate surface area is 258 Å². The molecule has 0 unspecified atom stereocenters. The molecule has 0 saturated carbocycles. The van der Waals surface area contributed by atoms with Crippen molar-refractivity contribution in [2.45, 2.75) is 6.92 Å². The molecule has 0 spiro atoms. The van der Waals surface area contributed by atoms with Crippen LogP contribution in [0.5, 0.6) is 0 Å². The van der Waals surface area contributed by atoms with Crippen molar-refractivity contribution >= 4 is 33.6 Å². The highest BCUT2D eigenvalue weighted by molar-refractivity contribution is 6.31. The van der Waals surface area contributed by atoms with E-state index in [-0.39, 0.29) is 66.9 Å². The van der Waals surface area contributed by atoms with Crippen molar-refractivity contribution in [3.63, 3.8) is 0 Å². The van der Waals surface area contributed by atoms with Gasteiger partial charge < -0.3 is 0 Å². The molecule has 0 heterocycles. The molecule has 45 heavy (non-hydrogen) atoms. The summed E-state index contributed by atoms with van der Waals surface area (Å²) in [6.07, 6.45) is 0. The van der Waals surface area contributed by atoms with Gasteiger partial charge in [-0.2, -0.15) is 21.0 Å². The van der Waals surface area contributed by atoms with Crippen LogP contribution >= 0.6 is 0 Å². The topological polar surface area (TPSA) is 156 Å². The van der Waals surface area contributed by atoms with Crippen molar-refractivity contribution in [1.29, 1.82) is 31.6 Å². The fourth-order valence-corrected chi connectivity index (χ4v) is 5.68. The lowest BCUT2D eigenvalue weighted by Crippen LogP contribution is -2.04. The molecular weight excluding hydrogens is 558 g/mol. The largest absolute Gasteiger partial charge is 0.270 e. The number of hydrogen-bond donors (Lipinski definition) is 0. The van der Waals surface area contributed by atoms with Crippen LogP contribution in [0.1, 0.15) is 55.6 Å². The van der Waals surface area contributed by atoms with E-state index < -0.39 is 11.4 Å². The van der Waals surface area contributed by atoms with Crippen LogP contribution in [0.25, 0.3) is 48.1 Å². The van der Waals surface area contributed by atoms with Crippen molar-refractivity contribution in [3.8, 4) is 36.4 Å². The Morgan fingerprint density at radius 1 is 0.578 bits per heavy atom. The average Bonchev–Trinajstić information content (AvgIpc) is 3.59. The molecule has 0 N–H and O–H groups in total. The smallest absolute Gasteiger partial charge is 0.237 e. The van der Waals surface area contributed by atoms with Crippen molar-refractivity contribution in [2.24, 2.45) is 0 Å². The minimum absolute atomic E-state index is 0.0172. The quantitative estimate of drug-likeness (QED) is 0.235. The van der Waals surface area contributed by atoms with Crippen molar-refractivity contribution in [3.05, 3.63) is 150 Å². The highest BCUT2D eigenvalue weighted by Gasteiger charge is 2.43. The third kappa shape index (κ3) is 4.01. The van der Waals surface area contributed by atoms with Gasteiger partial charge in [-0.1, -0.05) is 42.0 Å². The van der Waals surface area contributed by atoms with Gasteiger partial charge in [0.2, 0.25) is 5.70 Å². The lowest BCUT2D eigenvalue weighted by Gasteiger charge is -2.16. The first kappa shape index (κ1) is 28.6. The summed E-state index contributed by atoms with van der Waals surface area (Å²) in [6, 6.07) is 25.0. The number of aryl methyl sites for hydroxylation is 1. The molecule has 0 atom stereocenters. The second-order valence-electron chi connectivity index (χ2n) is 9.62. The van der Waals surface area contributed by atoms with Gasteiger partial charge in [-0.3, -0.25) is 0 Å². The first-order chi connectivity index (χ1) is 21.9. The van der Waals surface area contributed by atoms with E-state index in [2.05, 4.69) is 32.7 Å². The minimum atomic E-state index is -0.457.